The molecule has 0 radical (unpaired) electrons. The van der Waals surface area contributed by atoms with Crippen LogP contribution in [0.5, 0.6) is 0 Å². The summed E-state index contributed by atoms with van der Waals surface area (Å²) in [5.74, 6) is 0. The third-order valence-electron chi connectivity index (χ3n) is 10.8. The van der Waals surface area contributed by atoms with Crippen LogP contribution in [-0.4, -0.2) is 9.97 Å². The fourth-order valence-corrected chi connectivity index (χ4v) is 11.3. The van der Waals surface area contributed by atoms with Gasteiger partial charge >= 0.3 is 0 Å². The Bertz CT molecular complexity index is 2740. The molecular weight excluding hydrogens is 640 g/mol. The minimum atomic E-state index is -3.28. The van der Waals surface area contributed by atoms with Crippen molar-refractivity contribution in [1.82, 2.24) is 9.97 Å². The molecule has 7 aromatic carbocycles. The van der Waals surface area contributed by atoms with Gasteiger partial charge in [0.1, 0.15) is 0 Å². The predicted octanol–water partition coefficient (Wildman–Crippen LogP) is 9.94. The molecule has 0 aliphatic heterocycles. The molecule has 0 amide bonds. The first-order chi connectivity index (χ1) is 25.2. The molecule has 10 rings (SSSR count). The van der Waals surface area contributed by atoms with Crippen LogP contribution < -0.4 is 15.9 Å². The Labute approximate surface area is 296 Å². The van der Waals surface area contributed by atoms with Crippen LogP contribution in [0.3, 0.4) is 0 Å². The normalized spacial score (nSPS) is 13.3. The molecule has 2 heterocycles. The zero-order chi connectivity index (χ0) is 34.0. The fourth-order valence-electron chi connectivity index (χ4n) is 8.58. The number of nitrogens with zero attached hydrogens (tertiary/aromatic N) is 2. The minimum absolute atomic E-state index is 0.775. The van der Waals surface area contributed by atoms with Gasteiger partial charge in [-0.15, -0.1) is 0 Å². The lowest BCUT2D eigenvalue weighted by atomic mass is 9.68. The summed E-state index contributed by atoms with van der Waals surface area (Å²) in [4.78, 5) is 9.38. The molecule has 0 saturated carbocycles. The smallest absolute Gasteiger partial charge is 0.171 e. The number of benzene rings is 7. The zero-order valence-electron chi connectivity index (χ0n) is 27.6. The summed E-state index contributed by atoms with van der Waals surface area (Å²) in [6.45, 7) is 0. The van der Waals surface area contributed by atoms with Gasteiger partial charge in [-0.1, -0.05) is 133 Å². The van der Waals surface area contributed by atoms with Gasteiger partial charge in [-0.3, -0.25) is 9.97 Å². The van der Waals surface area contributed by atoms with Crippen molar-refractivity contribution in [2.75, 3.05) is 0 Å². The van der Waals surface area contributed by atoms with E-state index in [4.69, 9.17) is 0 Å². The Kier molecular flexibility index (Phi) is 6.68. The molecular formula is C47H31N2OP. The first-order valence-corrected chi connectivity index (χ1v) is 18.9. The molecule has 0 fully saturated rings. The van der Waals surface area contributed by atoms with Crippen LogP contribution in [-0.2, 0) is 9.98 Å². The molecule has 9 aromatic rings. The summed E-state index contributed by atoms with van der Waals surface area (Å²) in [7, 11) is -3.28. The van der Waals surface area contributed by atoms with E-state index in [2.05, 4.69) is 101 Å². The van der Waals surface area contributed by atoms with Crippen molar-refractivity contribution in [3.63, 3.8) is 0 Å². The summed E-state index contributed by atoms with van der Waals surface area (Å²) < 4.78 is 15.8. The second kappa shape index (κ2) is 11.5. The predicted molar refractivity (Wildman–Crippen MR) is 211 cm³/mol. The van der Waals surface area contributed by atoms with E-state index in [-0.39, 0.29) is 0 Å². The molecule has 0 saturated heterocycles. The van der Waals surface area contributed by atoms with E-state index < -0.39 is 12.6 Å². The highest BCUT2D eigenvalue weighted by molar-refractivity contribution is 7.85. The Morgan fingerprint density at radius 3 is 1.37 bits per heavy atom. The molecule has 240 valence electrons. The van der Waals surface area contributed by atoms with E-state index in [1.807, 2.05) is 97.6 Å². The van der Waals surface area contributed by atoms with Crippen LogP contribution in [0.25, 0.3) is 43.4 Å². The summed E-state index contributed by atoms with van der Waals surface area (Å²) in [6.07, 6.45) is 7.61. The maximum Gasteiger partial charge on any atom is 0.171 e. The number of hydrogen-bond donors (Lipinski definition) is 0. The molecule has 0 atom stereocenters. The third-order valence-corrected chi connectivity index (χ3v) is 13.8. The highest BCUT2D eigenvalue weighted by Gasteiger charge is 2.48. The number of rotatable bonds is 5. The second-order valence-corrected chi connectivity index (χ2v) is 16.0. The molecule has 1 aliphatic carbocycles. The first kappa shape index (κ1) is 29.7. The van der Waals surface area contributed by atoms with Crippen LogP contribution in [0.1, 0.15) is 22.3 Å². The van der Waals surface area contributed by atoms with E-state index in [0.29, 0.717) is 0 Å². The Morgan fingerprint density at radius 2 is 0.863 bits per heavy atom. The Balaban J connectivity index is 1.37. The Hall–Kier alpha value is -6.15. The van der Waals surface area contributed by atoms with Crippen LogP contribution in [0.15, 0.2) is 189 Å². The summed E-state index contributed by atoms with van der Waals surface area (Å²) in [5.41, 5.74) is 5.81. The van der Waals surface area contributed by atoms with Gasteiger partial charge in [0.25, 0.3) is 0 Å². The monoisotopic (exact) mass is 670 g/mol. The van der Waals surface area contributed by atoms with Gasteiger partial charge in [-0.05, 0) is 96.0 Å². The van der Waals surface area contributed by atoms with Gasteiger partial charge in [0.2, 0.25) is 0 Å². The van der Waals surface area contributed by atoms with Crippen LogP contribution >= 0.6 is 7.14 Å². The van der Waals surface area contributed by atoms with Crippen LogP contribution in [0.4, 0.5) is 0 Å². The van der Waals surface area contributed by atoms with Gasteiger partial charge in [0.05, 0.1) is 5.41 Å². The van der Waals surface area contributed by atoms with Gasteiger partial charge in [0.15, 0.2) is 7.14 Å². The third kappa shape index (κ3) is 4.22. The maximum atomic E-state index is 15.8. The highest BCUT2D eigenvalue weighted by Crippen LogP contribution is 2.58. The zero-order valence-corrected chi connectivity index (χ0v) is 28.5. The molecule has 0 bridgehead atoms. The lowest BCUT2D eigenvalue weighted by molar-refractivity contribution is 0.592. The number of pyridine rings is 2. The van der Waals surface area contributed by atoms with Crippen molar-refractivity contribution < 1.29 is 4.57 Å². The summed E-state index contributed by atoms with van der Waals surface area (Å²) in [5, 5.41) is 9.75. The van der Waals surface area contributed by atoms with E-state index in [1.54, 1.807) is 0 Å². The Morgan fingerprint density at radius 1 is 0.392 bits per heavy atom. The van der Waals surface area contributed by atoms with E-state index in [0.717, 1.165) is 49.3 Å². The lowest BCUT2D eigenvalue weighted by Crippen LogP contribution is -2.31. The number of aromatic nitrogens is 2. The molecule has 51 heavy (non-hydrogen) atoms. The molecule has 1 aliphatic rings. The molecule has 0 N–H and O–H groups in total. The average Bonchev–Trinajstić information content (AvgIpc) is 3.51. The largest absolute Gasteiger partial charge is 0.309 e. The SMILES string of the molecule is O=P(c1ccccc1)(c1ccccc1)c1ccc2c(c1)C(c1cccnc1)(c1cccnc1)c1cc3c4ccccc4c4ccccc4c3cc1-2. The average molecular weight is 671 g/mol. The van der Waals surface area contributed by atoms with Crippen LogP contribution in [0, 0.1) is 0 Å². The van der Waals surface area contributed by atoms with Crippen molar-refractivity contribution in [3.8, 4) is 11.1 Å². The minimum Gasteiger partial charge on any atom is -0.309 e. The van der Waals surface area contributed by atoms with Gasteiger partial charge < -0.3 is 4.57 Å². The fraction of sp³-hybridized carbons (Fsp3) is 0.0213. The van der Waals surface area contributed by atoms with Crippen molar-refractivity contribution in [3.05, 3.63) is 211 Å². The quantitative estimate of drug-likeness (QED) is 0.135. The summed E-state index contributed by atoms with van der Waals surface area (Å²) >= 11 is 0. The van der Waals surface area contributed by atoms with Crippen molar-refractivity contribution >= 4 is 55.4 Å². The lowest BCUT2D eigenvalue weighted by Gasteiger charge is -2.34. The van der Waals surface area contributed by atoms with E-state index >= 15 is 4.57 Å². The number of fused-ring (bicyclic) bond motifs is 9. The van der Waals surface area contributed by atoms with Crippen LogP contribution in [0.2, 0.25) is 0 Å². The molecule has 0 spiro atoms. The highest BCUT2D eigenvalue weighted by atomic mass is 31.2. The molecule has 3 nitrogen and oxygen atoms in total. The summed E-state index contributed by atoms with van der Waals surface area (Å²) in [6, 6.07) is 56.9. The standard InChI is InChI=1S/C47H31N2OP/c50-51(34-15-3-1-4-16-34,35-17-5-2-6-18-35)36-23-24-41-44-28-42-39-21-9-7-19-37(39)38-20-8-10-22-40(38)43(42)29-46(44)47(45(41)27-36,32-13-11-25-48-30-32)33-14-12-26-49-31-33/h1-31H. The maximum absolute atomic E-state index is 15.8. The van der Waals surface area contributed by atoms with Gasteiger partial charge in [0, 0.05) is 40.7 Å². The first-order valence-electron chi connectivity index (χ1n) is 17.2. The molecule has 0 unspecified atom stereocenters. The molecule has 2 aromatic heterocycles. The van der Waals surface area contributed by atoms with E-state index in [1.165, 1.54) is 32.3 Å². The second-order valence-electron chi connectivity index (χ2n) is 13.3. The van der Waals surface area contributed by atoms with Crippen molar-refractivity contribution in [2.45, 2.75) is 5.41 Å². The van der Waals surface area contributed by atoms with Crippen molar-refractivity contribution in [1.29, 1.82) is 0 Å². The molecule has 4 heteroatoms. The van der Waals surface area contributed by atoms with Gasteiger partial charge in [-0.2, -0.15) is 0 Å². The van der Waals surface area contributed by atoms with Crippen molar-refractivity contribution in [2.24, 2.45) is 0 Å². The van der Waals surface area contributed by atoms with Gasteiger partial charge in [-0.25, -0.2) is 0 Å². The topological polar surface area (TPSA) is 42.9 Å². The van der Waals surface area contributed by atoms with E-state index in [9.17, 15) is 0 Å². The number of hydrogen-bond acceptors (Lipinski definition) is 3.